The average molecular weight is 534 g/mol. The summed E-state index contributed by atoms with van der Waals surface area (Å²) in [5.41, 5.74) is 4.41. The average Bonchev–Trinajstić information content (AvgIpc) is 3.20. The lowest BCUT2D eigenvalue weighted by molar-refractivity contribution is 0.0946. The first-order valence-electron chi connectivity index (χ1n) is 12.7. The number of methoxy groups -OCH3 is 2. The van der Waals surface area contributed by atoms with Gasteiger partial charge in [-0.3, -0.25) is 9.69 Å². The number of sulfone groups is 1. The number of halogens is 1. The molecule has 2 atom stereocenters. The monoisotopic (exact) mass is 533 g/mol. The number of aryl methyl sites for hydroxylation is 2. The Labute approximate surface area is 219 Å². The zero-order valence-corrected chi connectivity index (χ0v) is 23.4. The zero-order chi connectivity index (χ0) is 26.2. The number of carbonyl (C=O) groups is 1. The Bertz CT molecular complexity index is 1270. The van der Waals surface area contributed by atoms with E-state index in [1.807, 2.05) is 19.9 Å². The number of unbranched alkanes of at least 4 members (excludes halogenated alkanes) is 1. The van der Waals surface area contributed by atoms with Gasteiger partial charge >= 0.3 is 0 Å². The number of carbonyl (C=O) groups excluding carboxylic acids is 1. The first kappa shape index (κ1) is 27.0. The smallest absolute Gasteiger partial charge is 0.181 e. The molecule has 1 aliphatic heterocycles. The third kappa shape index (κ3) is 4.77. The van der Waals surface area contributed by atoms with Crippen molar-refractivity contribution in [2.45, 2.75) is 75.5 Å². The van der Waals surface area contributed by atoms with E-state index >= 15 is 0 Å². The van der Waals surface area contributed by atoms with Crippen LogP contribution >= 0.6 is 11.6 Å². The highest BCUT2D eigenvalue weighted by molar-refractivity contribution is 7.92. The second-order valence-corrected chi connectivity index (χ2v) is 12.5. The predicted octanol–water partition coefficient (Wildman–Crippen LogP) is 5.88. The van der Waals surface area contributed by atoms with E-state index < -0.39 is 15.1 Å². The van der Waals surface area contributed by atoms with Gasteiger partial charge < -0.3 is 9.47 Å². The summed E-state index contributed by atoms with van der Waals surface area (Å²) < 4.78 is 37.9. The van der Waals surface area contributed by atoms with E-state index in [1.165, 1.54) is 5.56 Å². The van der Waals surface area contributed by atoms with Crippen LogP contribution in [0.3, 0.4) is 0 Å². The summed E-state index contributed by atoms with van der Waals surface area (Å²) in [7, 11) is -0.262. The highest BCUT2D eigenvalue weighted by Gasteiger charge is 2.41. The molecule has 2 aromatic rings. The molecule has 36 heavy (non-hydrogen) atoms. The second kappa shape index (κ2) is 10.7. The Balaban J connectivity index is 1.43. The van der Waals surface area contributed by atoms with Gasteiger partial charge in [-0.2, -0.15) is 0 Å². The van der Waals surface area contributed by atoms with Gasteiger partial charge in [0.2, 0.25) is 0 Å². The van der Waals surface area contributed by atoms with Crippen molar-refractivity contribution >= 4 is 27.2 Å². The van der Waals surface area contributed by atoms with Gasteiger partial charge in [0.1, 0.15) is 0 Å². The van der Waals surface area contributed by atoms with Gasteiger partial charge in [0.25, 0.3) is 0 Å². The summed E-state index contributed by atoms with van der Waals surface area (Å²) in [6, 6.07) is 5.52. The van der Waals surface area contributed by atoms with Crippen LogP contribution in [0.25, 0.3) is 0 Å². The number of rotatable bonds is 10. The quantitative estimate of drug-likeness (QED) is 0.355. The van der Waals surface area contributed by atoms with E-state index in [2.05, 4.69) is 4.90 Å². The van der Waals surface area contributed by atoms with E-state index in [4.69, 9.17) is 21.1 Å². The SMILES string of the molecule is CCC(CCCCN1CCc2cc(OC)c(OC)c3c2C1CC3=O)S(=O)(=O)c1cc(C)c(Cl)cc1C. The molecule has 0 saturated carbocycles. The Morgan fingerprint density at radius 2 is 1.86 bits per heavy atom. The minimum Gasteiger partial charge on any atom is -0.493 e. The fraction of sp³-hybridized carbons (Fsp3) is 0.536. The highest BCUT2D eigenvalue weighted by atomic mass is 35.5. The van der Waals surface area contributed by atoms with Gasteiger partial charge in [0.15, 0.2) is 27.1 Å². The minimum absolute atomic E-state index is 0.0569. The predicted molar refractivity (Wildman–Crippen MR) is 143 cm³/mol. The van der Waals surface area contributed by atoms with Crippen LogP contribution in [0.5, 0.6) is 11.5 Å². The molecule has 6 nitrogen and oxygen atoms in total. The third-order valence-corrected chi connectivity index (χ3v) is 10.7. The lowest BCUT2D eigenvalue weighted by Gasteiger charge is -2.35. The summed E-state index contributed by atoms with van der Waals surface area (Å²) in [6.07, 6.45) is 4.19. The van der Waals surface area contributed by atoms with Crippen LogP contribution in [0.15, 0.2) is 23.1 Å². The largest absolute Gasteiger partial charge is 0.493 e. The van der Waals surface area contributed by atoms with Crippen LogP contribution in [0.2, 0.25) is 5.02 Å². The summed E-state index contributed by atoms with van der Waals surface area (Å²) in [5, 5.41) is 0.169. The minimum atomic E-state index is -3.44. The van der Waals surface area contributed by atoms with E-state index in [1.54, 1.807) is 33.3 Å². The van der Waals surface area contributed by atoms with Crippen molar-refractivity contribution in [3.8, 4) is 11.5 Å². The zero-order valence-electron chi connectivity index (χ0n) is 21.8. The molecule has 0 spiro atoms. The number of ketones is 1. The highest BCUT2D eigenvalue weighted by Crippen LogP contribution is 2.48. The van der Waals surface area contributed by atoms with Gasteiger partial charge in [0, 0.05) is 24.0 Å². The summed E-state index contributed by atoms with van der Waals surface area (Å²) >= 11 is 6.19. The summed E-state index contributed by atoms with van der Waals surface area (Å²) in [5.74, 6) is 1.26. The lowest BCUT2D eigenvalue weighted by atomic mass is 9.92. The molecule has 0 amide bonds. The maximum Gasteiger partial charge on any atom is 0.181 e. The summed E-state index contributed by atoms with van der Waals surface area (Å²) in [6.45, 7) is 7.29. The maximum atomic E-state index is 13.4. The topological polar surface area (TPSA) is 72.9 Å². The molecule has 0 bridgehead atoms. The number of Topliss-reactive ketones (excluding diaryl/α,β-unsaturated/α-hetero) is 1. The Morgan fingerprint density at radius 1 is 1.11 bits per heavy atom. The van der Waals surface area contributed by atoms with Crippen LogP contribution in [0.1, 0.15) is 77.7 Å². The van der Waals surface area contributed by atoms with E-state index in [9.17, 15) is 13.2 Å². The molecule has 8 heteroatoms. The number of hydrogen-bond acceptors (Lipinski definition) is 6. The lowest BCUT2D eigenvalue weighted by Crippen LogP contribution is -2.35. The van der Waals surface area contributed by atoms with Gasteiger partial charge in [-0.25, -0.2) is 8.42 Å². The fourth-order valence-electron chi connectivity index (χ4n) is 5.81. The fourth-order valence-corrected chi connectivity index (χ4v) is 8.15. The first-order chi connectivity index (χ1) is 17.1. The van der Waals surface area contributed by atoms with Crippen LogP contribution in [0.4, 0.5) is 0 Å². The maximum absolute atomic E-state index is 13.4. The van der Waals surface area contributed by atoms with Crippen molar-refractivity contribution in [3.63, 3.8) is 0 Å². The van der Waals surface area contributed by atoms with Crippen LogP contribution in [-0.2, 0) is 16.3 Å². The molecular weight excluding hydrogens is 498 g/mol. The number of ether oxygens (including phenoxy) is 2. The van der Waals surface area contributed by atoms with Gasteiger partial charge in [-0.15, -0.1) is 0 Å². The van der Waals surface area contributed by atoms with Crippen LogP contribution < -0.4 is 9.47 Å². The normalized spacial score (nSPS) is 18.3. The van der Waals surface area contributed by atoms with Crippen molar-refractivity contribution in [2.24, 2.45) is 0 Å². The van der Waals surface area contributed by atoms with E-state index in [0.717, 1.165) is 43.5 Å². The van der Waals surface area contributed by atoms with Crippen molar-refractivity contribution in [3.05, 3.63) is 51.0 Å². The Morgan fingerprint density at radius 3 is 2.53 bits per heavy atom. The Kier molecular flexibility index (Phi) is 8.03. The van der Waals surface area contributed by atoms with Gasteiger partial charge in [-0.05, 0) is 86.5 Å². The molecular formula is C28H36ClNO5S. The number of hydrogen-bond donors (Lipinski definition) is 0. The molecule has 2 aliphatic rings. The van der Waals surface area contributed by atoms with Crippen LogP contribution in [-0.4, -0.2) is 51.7 Å². The molecule has 0 radical (unpaired) electrons. The molecule has 2 aromatic carbocycles. The van der Waals surface area contributed by atoms with Crippen LogP contribution in [0, 0.1) is 13.8 Å². The molecule has 1 heterocycles. The van der Waals surface area contributed by atoms with Gasteiger partial charge in [-0.1, -0.05) is 24.9 Å². The number of nitrogens with zero attached hydrogens (tertiary/aromatic N) is 1. The molecule has 196 valence electrons. The van der Waals surface area contributed by atoms with Crippen molar-refractivity contribution in [2.75, 3.05) is 27.3 Å². The van der Waals surface area contributed by atoms with E-state index in [-0.39, 0.29) is 11.8 Å². The van der Waals surface area contributed by atoms with E-state index in [0.29, 0.717) is 51.8 Å². The molecule has 0 saturated heterocycles. The van der Waals surface area contributed by atoms with Crippen molar-refractivity contribution in [1.82, 2.24) is 4.90 Å². The standard InChI is InChI=1S/C28H36ClNO5S/c1-6-20(36(32,33)25-14-17(2)21(29)13-18(25)3)9-7-8-11-30-12-10-19-15-24(34-4)28(35-5)27-23(31)16-22(30)26(19)27/h13-15,20,22H,6-12,16H2,1-5H3. The third-order valence-electron chi connectivity index (χ3n) is 7.77. The first-order valence-corrected chi connectivity index (χ1v) is 14.6. The molecule has 4 rings (SSSR count). The molecule has 0 fully saturated rings. The van der Waals surface area contributed by atoms with Crippen molar-refractivity contribution < 1.29 is 22.7 Å². The summed E-state index contributed by atoms with van der Waals surface area (Å²) in [4.78, 5) is 15.7. The molecule has 0 N–H and O–H groups in total. The number of benzene rings is 2. The molecule has 2 unspecified atom stereocenters. The molecule has 0 aromatic heterocycles. The Hall–Kier alpha value is -2.09. The van der Waals surface area contributed by atoms with Gasteiger partial charge in [0.05, 0.1) is 29.9 Å². The molecule has 1 aliphatic carbocycles. The second-order valence-electron chi connectivity index (χ2n) is 9.93. The van der Waals surface area contributed by atoms with Crippen molar-refractivity contribution in [1.29, 1.82) is 0 Å².